The highest BCUT2D eigenvalue weighted by Crippen LogP contribution is 2.31. The Morgan fingerprint density at radius 3 is 2.76 bits per heavy atom. The van der Waals surface area contributed by atoms with Gasteiger partial charge in [-0.3, -0.25) is 0 Å². The predicted molar refractivity (Wildman–Crippen MR) is 83.5 cm³/mol. The molecule has 1 aromatic carbocycles. The number of rotatable bonds is 4. The van der Waals surface area contributed by atoms with Crippen molar-refractivity contribution < 1.29 is 14.3 Å². The van der Waals surface area contributed by atoms with Crippen LogP contribution in [0.5, 0.6) is 0 Å². The number of piperidine rings is 1. The van der Waals surface area contributed by atoms with Crippen molar-refractivity contribution in [3.63, 3.8) is 0 Å². The number of oxime groups is 1. The van der Waals surface area contributed by atoms with E-state index in [2.05, 4.69) is 21.1 Å². The van der Waals surface area contributed by atoms with E-state index in [9.17, 15) is 4.39 Å². The molecule has 0 bridgehead atoms. The number of anilines is 1. The van der Waals surface area contributed by atoms with Gasteiger partial charge in [-0.1, -0.05) is 5.16 Å². The fourth-order valence-electron chi connectivity index (χ4n) is 2.53. The van der Waals surface area contributed by atoms with Crippen LogP contribution in [-0.2, 0) is 4.74 Å². The van der Waals surface area contributed by atoms with E-state index in [0.717, 1.165) is 25.9 Å². The maximum absolute atomic E-state index is 14.5. The van der Waals surface area contributed by atoms with E-state index in [1.54, 1.807) is 12.1 Å². The Kier molecular flexibility index (Phi) is 5.41. The van der Waals surface area contributed by atoms with Gasteiger partial charge in [0.05, 0.1) is 16.3 Å². The lowest BCUT2D eigenvalue weighted by Gasteiger charge is -2.33. The zero-order valence-electron chi connectivity index (χ0n) is 11.9. The summed E-state index contributed by atoms with van der Waals surface area (Å²) in [4.78, 5) is 1.99. The second-order valence-electron chi connectivity index (χ2n) is 4.89. The monoisotopic (exact) mass is 359 g/mol. The lowest BCUT2D eigenvalue weighted by molar-refractivity contribution is 0.0458. The number of halogens is 2. The third-order valence-electron chi connectivity index (χ3n) is 3.63. The minimum absolute atomic E-state index is 0.123. The van der Waals surface area contributed by atoms with Gasteiger partial charge in [0.15, 0.2) is 11.7 Å². The molecule has 0 amide bonds. The van der Waals surface area contributed by atoms with Crippen molar-refractivity contribution in [2.45, 2.75) is 25.9 Å². The van der Waals surface area contributed by atoms with Gasteiger partial charge >= 0.3 is 0 Å². The number of amidine groups is 1. The maximum atomic E-state index is 14.5. The summed E-state index contributed by atoms with van der Waals surface area (Å²) in [5, 5.41) is 11.6. The van der Waals surface area contributed by atoms with Crippen molar-refractivity contribution in [1.29, 1.82) is 0 Å². The van der Waals surface area contributed by atoms with Crippen LogP contribution in [0, 0.1) is 5.82 Å². The lowest BCUT2D eigenvalue weighted by atomic mass is 10.1. The average molecular weight is 360 g/mol. The number of nitrogens with two attached hydrogens (primary N) is 1. The van der Waals surface area contributed by atoms with Gasteiger partial charge in [0.25, 0.3) is 0 Å². The molecular weight excluding hydrogens is 341 g/mol. The van der Waals surface area contributed by atoms with Crippen LogP contribution in [0.15, 0.2) is 21.8 Å². The van der Waals surface area contributed by atoms with Crippen molar-refractivity contribution in [2.24, 2.45) is 10.9 Å². The van der Waals surface area contributed by atoms with Crippen molar-refractivity contribution >= 4 is 27.5 Å². The molecule has 3 N–H and O–H groups in total. The Bertz CT molecular complexity index is 531. The van der Waals surface area contributed by atoms with Gasteiger partial charge in [-0.15, -0.1) is 0 Å². The minimum Gasteiger partial charge on any atom is -0.409 e. The average Bonchev–Trinajstić information content (AvgIpc) is 2.50. The molecule has 0 saturated carbocycles. The molecule has 0 atom stereocenters. The van der Waals surface area contributed by atoms with E-state index >= 15 is 0 Å². The highest BCUT2D eigenvalue weighted by Gasteiger charge is 2.23. The van der Waals surface area contributed by atoms with Gasteiger partial charge in [0.1, 0.15) is 0 Å². The summed E-state index contributed by atoms with van der Waals surface area (Å²) in [6.07, 6.45) is 2.02. The molecule has 2 rings (SSSR count). The summed E-state index contributed by atoms with van der Waals surface area (Å²) < 4.78 is 20.3. The number of hydrogen-bond acceptors (Lipinski definition) is 4. The molecule has 0 aromatic heterocycles. The second kappa shape index (κ2) is 7.09. The fourth-order valence-corrected chi connectivity index (χ4v) is 3.07. The molecule has 1 saturated heterocycles. The Balaban J connectivity index is 2.17. The molecule has 7 heteroatoms. The molecule has 1 aromatic rings. The SMILES string of the molecule is CCOC1CCN(c2ccc(/C(N)=N/O)c(Br)c2F)CC1. The fraction of sp³-hybridized carbons (Fsp3) is 0.500. The molecule has 0 unspecified atom stereocenters. The quantitative estimate of drug-likeness (QED) is 0.375. The van der Waals surface area contributed by atoms with Crippen LogP contribution in [0.25, 0.3) is 0 Å². The molecule has 1 aliphatic heterocycles. The highest BCUT2D eigenvalue weighted by atomic mass is 79.9. The van der Waals surface area contributed by atoms with Gasteiger partial charge in [0, 0.05) is 25.3 Å². The zero-order chi connectivity index (χ0) is 15.4. The summed E-state index contributed by atoms with van der Waals surface area (Å²) in [5.74, 6) is -0.517. The van der Waals surface area contributed by atoms with Crippen LogP contribution in [0.3, 0.4) is 0 Å². The summed E-state index contributed by atoms with van der Waals surface area (Å²) in [6, 6.07) is 3.31. The molecule has 0 spiro atoms. The molecule has 1 aliphatic rings. The van der Waals surface area contributed by atoms with Crippen LogP contribution in [-0.4, -0.2) is 36.8 Å². The zero-order valence-corrected chi connectivity index (χ0v) is 13.4. The van der Waals surface area contributed by atoms with E-state index in [1.165, 1.54) is 0 Å². The van der Waals surface area contributed by atoms with Crippen LogP contribution in [0.1, 0.15) is 25.3 Å². The van der Waals surface area contributed by atoms with E-state index in [0.29, 0.717) is 17.9 Å². The Morgan fingerprint density at radius 1 is 1.52 bits per heavy atom. The van der Waals surface area contributed by atoms with Crippen molar-refractivity contribution in [1.82, 2.24) is 0 Å². The smallest absolute Gasteiger partial charge is 0.171 e. The molecular formula is C14H19BrFN3O2. The number of ether oxygens (including phenoxy) is 1. The van der Waals surface area contributed by atoms with Gasteiger partial charge in [-0.2, -0.15) is 0 Å². The molecule has 1 heterocycles. The Labute approximate surface area is 131 Å². The van der Waals surface area contributed by atoms with E-state index < -0.39 is 5.82 Å². The van der Waals surface area contributed by atoms with E-state index in [-0.39, 0.29) is 16.4 Å². The van der Waals surface area contributed by atoms with Crippen LogP contribution in [0.2, 0.25) is 0 Å². The number of nitrogens with zero attached hydrogens (tertiary/aromatic N) is 2. The number of benzene rings is 1. The largest absolute Gasteiger partial charge is 0.409 e. The first-order valence-corrected chi connectivity index (χ1v) is 7.70. The topological polar surface area (TPSA) is 71.1 Å². The first-order chi connectivity index (χ1) is 10.1. The van der Waals surface area contributed by atoms with Crippen molar-refractivity contribution in [2.75, 3.05) is 24.6 Å². The number of hydrogen-bond donors (Lipinski definition) is 2. The van der Waals surface area contributed by atoms with E-state index in [4.69, 9.17) is 15.7 Å². The molecule has 0 aliphatic carbocycles. The van der Waals surface area contributed by atoms with Gasteiger partial charge in [0.2, 0.25) is 0 Å². The highest BCUT2D eigenvalue weighted by molar-refractivity contribution is 9.10. The summed E-state index contributed by atoms with van der Waals surface area (Å²) in [7, 11) is 0. The van der Waals surface area contributed by atoms with Crippen LogP contribution < -0.4 is 10.6 Å². The molecule has 21 heavy (non-hydrogen) atoms. The molecule has 116 valence electrons. The first kappa shape index (κ1) is 16.0. The Hall–Kier alpha value is -1.34. The van der Waals surface area contributed by atoms with Gasteiger partial charge < -0.3 is 20.6 Å². The first-order valence-electron chi connectivity index (χ1n) is 6.90. The van der Waals surface area contributed by atoms with Gasteiger partial charge in [-0.25, -0.2) is 4.39 Å². The van der Waals surface area contributed by atoms with Crippen LogP contribution in [0.4, 0.5) is 10.1 Å². The second-order valence-corrected chi connectivity index (χ2v) is 5.68. The Morgan fingerprint density at radius 2 is 2.19 bits per heavy atom. The summed E-state index contributed by atoms with van der Waals surface area (Å²) in [6.45, 7) is 4.18. The van der Waals surface area contributed by atoms with Gasteiger partial charge in [-0.05, 0) is 47.8 Å². The summed E-state index contributed by atoms with van der Waals surface area (Å²) >= 11 is 3.18. The predicted octanol–water partition coefficient (Wildman–Crippen LogP) is 2.69. The van der Waals surface area contributed by atoms with E-state index in [1.807, 2.05) is 11.8 Å². The molecule has 0 radical (unpaired) electrons. The van der Waals surface area contributed by atoms with Crippen molar-refractivity contribution in [3.8, 4) is 0 Å². The summed E-state index contributed by atoms with van der Waals surface area (Å²) in [5.41, 5.74) is 6.37. The standard InChI is InChI=1S/C14H19BrFN3O2/c1-2-21-9-5-7-19(8-6-9)11-4-3-10(14(17)18-20)12(15)13(11)16/h3-4,9,20H,2,5-8H2,1H3,(H2,17,18). The third kappa shape index (κ3) is 3.47. The minimum atomic E-state index is -0.394. The third-order valence-corrected chi connectivity index (χ3v) is 4.41. The maximum Gasteiger partial charge on any atom is 0.171 e. The van der Waals surface area contributed by atoms with Crippen molar-refractivity contribution in [3.05, 3.63) is 28.0 Å². The molecule has 1 fully saturated rings. The lowest BCUT2D eigenvalue weighted by Crippen LogP contribution is -2.37. The molecule has 5 nitrogen and oxygen atoms in total. The van der Waals surface area contributed by atoms with Crippen LogP contribution >= 0.6 is 15.9 Å². The normalized spacial score (nSPS) is 17.3.